The van der Waals surface area contributed by atoms with Crippen LogP contribution in [0.3, 0.4) is 0 Å². The average molecular weight is 227 g/mol. The summed E-state index contributed by atoms with van der Waals surface area (Å²) in [6.07, 6.45) is -4.27. The lowest BCUT2D eigenvalue weighted by molar-refractivity contribution is -0.138. The van der Waals surface area contributed by atoms with Gasteiger partial charge in [0.2, 0.25) is 0 Å². The molecule has 0 N–H and O–H groups in total. The first-order valence-corrected chi connectivity index (χ1v) is 4.74. The van der Waals surface area contributed by atoms with E-state index in [1.54, 1.807) is 6.07 Å². The van der Waals surface area contributed by atoms with Crippen molar-refractivity contribution in [3.05, 3.63) is 34.4 Å². The van der Waals surface area contributed by atoms with Gasteiger partial charge in [0.25, 0.3) is 0 Å². The molecule has 2 nitrogen and oxygen atoms in total. The molecule has 0 saturated carbocycles. The Balaban J connectivity index is 2.67. The van der Waals surface area contributed by atoms with E-state index in [0.717, 1.165) is 0 Å². The fourth-order valence-electron chi connectivity index (χ4n) is 1.89. The van der Waals surface area contributed by atoms with E-state index in [1.165, 1.54) is 12.1 Å². The maximum atomic E-state index is 12.8. The molecule has 1 aromatic carbocycles. The number of hydrogen-bond donors (Lipinski definition) is 0. The van der Waals surface area contributed by atoms with Crippen LogP contribution in [0.1, 0.15) is 22.3 Å². The summed E-state index contributed by atoms with van der Waals surface area (Å²) in [4.78, 5) is 0. The molecule has 1 aromatic rings. The van der Waals surface area contributed by atoms with Crippen molar-refractivity contribution in [1.29, 1.82) is 5.26 Å². The molecular formula is C11H8F3NO. The number of rotatable bonds is 0. The molecule has 0 bridgehead atoms. The highest BCUT2D eigenvalue weighted by atomic mass is 19.4. The normalized spacial score (nSPS) is 15.4. The Morgan fingerprint density at radius 1 is 1.31 bits per heavy atom. The van der Waals surface area contributed by atoms with E-state index in [1.807, 2.05) is 0 Å². The molecule has 1 aliphatic heterocycles. The minimum Gasteiger partial charge on any atom is -0.376 e. The molecule has 0 spiro atoms. The lowest BCUT2D eigenvalue weighted by atomic mass is 9.93. The topological polar surface area (TPSA) is 33.0 Å². The molecule has 16 heavy (non-hydrogen) atoms. The van der Waals surface area contributed by atoms with Crippen molar-refractivity contribution < 1.29 is 17.9 Å². The van der Waals surface area contributed by atoms with Crippen LogP contribution in [0.2, 0.25) is 0 Å². The van der Waals surface area contributed by atoms with Crippen LogP contribution in [0.25, 0.3) is 0 Å². The molecule has 0 unspecified atom stereocenters. The highest BCUT2D eigenvalue weighted by Crippen LogP contribution is 2.37. The minimum atomic E-state index is -4.48. The Morgan fingerprint density at radius 3 is 2.69 bits per heavy atom. The van der Waals surface area contributed by atoms with Gasteiger partial charge >= 0.3 is 6.18 Å². The number of fused-ring (bicyclic) bond motifs is 1. The van der Waals surface area contributed by atoms with Crippen molar-refractivity contribution in [3.8, 4) is 6.07 Å². The highest BCUT2D eigenvalue weighted by molar-refractivity contribution is 5.49. The van der Waals surface area contributed by atoms with Crippen molar-refractivity contribution in [3.63, 3.8) is 0 Å². The smallest absolute Gasteiger partial charge is 0.376 e. The fourth-order valence-corrected chi connectivity index (χ4v) is 1.89. The first-order valence-electron chi connectivity index (χ1n) is 4.74. The number of nitriles is 1. The molecule has 2 rings (SSSR count). The van der Waals surface area contributed by atoms with E-state index in [9.17, 15) is 13.2 Å². The standard InChI is InChI=1S/C11H8F3NO/c12-11(13,14)10-7(5-15)1-2-8-6-16-4-3-9(8)10/h1-2H,3-4,6H2. The molecule has 0 aromatic heterocycles. The third-order valence-electron chi connectivity index (χ3n) is 2.57. The second-order valence-corrected chi connectivity index (χ2v) is 3.54. The summed E-state index contributed by atoms with van der Waals surface area (Å²) in [6, 6.07) is 4.33. The molecule has 0 saturated heterocycles. The van der Waals surface area contributed by atoms with Crippen molar-refractivity contribution in [2.75, 3.05) is 6.61 Å². The largest absolute Gasteiger partial charge is 0.417 e. The van der Waals surface area contributed by atoms with Gasteiger partial charge in [0.15, 0.2) is 0 Å². The Bertz CT molecular complexity index is 460. The van der Waals surface area contributed by atoms with Crippen LogP contribution in [0.4, 0.5) is 13.2 Å². The molecule has 0 atom stereocenters. The van der Waals surface area contributed by atoms with Crippen molar-refractivity contribution in [2.24, 2.45) is 0 Å². The summed E-state index contributed by atoms with van der Waals surface area (Å²) in [7, 11) is 0. The van der Waals surface area contributed by atoms with Gasteiger partial charge in [-0.25, -0.2) is 0 Å². The Kier molecular flexibility index (Phi) is 2.60. The SMILES string of the molecule is N#Cc1ccc2c(c1C(F)(F)F)CCOC2. The van der Waals surface area contributed by atoms with Crippen LogP contribution in [0.5, 0.6) is 0 Å². The lowest BCUT2D eigenvalue weighted by Gasteiger charge is -2.22. The third kappa shape index (κ3) is 1.76. The van der Waals surface area contributed by atoms with Crippen LogP contribution < -0.4 is 0 Å². The summed E-state index contributed by atoms with van der Waals surface area (Å²) in [6.45, 7) is 0.453. The summed E-state index contributed by atoms with van der Waals surface area (Å²) >= 11 is 0. The first-order chi connectivity index (χ1) is 7.54. The summed E-state index contributed by atoms with van der Waals surface area (Å²) in [5, 5.41) is 8.70. The molecule has 1 heterocycles. The van der Waals surface area contributed by atoms with Crippen molar-refractivity contribution in [2.45, 2.75) is 19.2 Å². The first kappa shape index (κ1) is 11.0. The molecule has 1 aliphatic rings. The van der Waals surface area contributed by atoms with E-state index >= 15 is 0 Å². The van der Waals surface area contributed by atoms with Crippen molar-refractivity contribution in [1.82, 2.24) is 0 Å². The molecule has 0 fully saturated rings. The molecule has 5 heteroatoms. The predicted octanol–water partition coefficient (Wildman–Crippen LogP) is 2.65. The average Bonchev–Trinajstić information content (AvgIpc) is 2.26. The molecule has 0 radical (unpaired) electrons. The predicted molar refractivity (Wildman–Crippen MR) is 49.5 cm³/mol. The minimum absolute atomic E-state index is 0.185. The summed E-state index contributed by atoms with van der Waals surface area (Å²) in [5.41, 5.74) is -0.376. The zero-order chi connectivity index (χ0) is 11.8. The quantitative estimate of drug-likeness (QED) is 0.682. The van der Waals surface area contributed by atoms with Gasteiger partial charge in [-0.2, -0.15) is 18.4 Å². The Labute approximate surface area is 90.3 Å². The lowest BCUT2D eigenvalue weighted by Crippen LogP contribution is -2.19. The van der Waals surface area contributed by atoms with Crippen LogP contribution >= 0.6 is 0 Å². The van der Waals surface area contributed by atoms with E-state index in [2.05, 4.69) is 0 Å². The van der Waals surface area contributed by atoms with Gasteiger partial charge in [-0.15, -0.1) is 0 Å². The molecule has 0 aliphatic carbocycles. The number of halogens is 3. The van der Waals surface area contributed by atoms with Crippen LogP contribution in [-0.4, -0.2) is 6.61 Å². The van der Waals surface area contributed by atoms with Crippen LogP contribution in [-0.2, 0) is 23.9 Å². The maximum Gasteiger partial charge on any atom is 0.417 e. The van der Waals surface area contributed by atoms with Gasteiger partial charge in [-0.1, -0.05) is 6.07 Å². The van der Waals surface area contributed by atoms with Gasteiger partial charge in [-0.3, -0.25) is 0 Å². The van der Waals surface area contributed by atoms with Crippen molar-refractivity contribution >= 4 is 0 Å². The fraction of sp³-hybridized carbons (Fsp3) is 0.364. The second kappa shape index (κ2) is 3.80. The van der Waals surface area contributed by atoms with E-state index < -0.39 is 11.7 Å². The van der Waals surface area contributed by atoms with Gasteiger partial charge in [-0.05, 0) is 23.6 Å². The molecular weight excluding hydrogens is 219 g/mol. The van der Waals surface area contributed by atoms with E-state index in [4.69, 9.17) is 10.00 Å². The second-order valence-electron chi connectivity index (χ2n) is 3.54. The third-order valence-corrected chi connectivity index (χ3v) is 2.57. The van der Waals surface area contributed by atoms with Gasteiger partial charge in [0, 0.05) is 0 Å². The zero-order valence-corrected chi connectivity index (χ0v) is 8.27. The van der Waals surface area contributed by atoms with Crippen LogP contribution in [0.15, 0.2) is 12.1 Å². The van der Waals surface area contributed by atoms with Crippen LogP contribution in [0, 0.1) is 11.3 Å². The number of ether oxygens (including phenoxy) is 1. The van der Waals surface area contributed by atoms with E-state index in [-0.39, 0.29) is 30.8 Å². The zero-order valence-electron chi connectivity index (χ0n) is 8.27. The molecule has 0 amide bonds. The Hall–Kier alpha value is -1.54. The molecule has 84 valence electrons. The number of benzene rings is 1. The summed E-state index contributed by atoms with van der Waals surface area (Å²) in [5.74, 6) is 0. The number of hydrogen-bond acceptors (Lipinski definition) is 2. The maximum absolute atomic E-state index is 12.8. The van der Waals surface area contributed by atoms with E-state index in [0.29, 0.717) is 5.56 Å². The highest BCUT2D eigenvalue weighted by Gasteiger charge is 2.37. The number of nitrogens with zero attached hydrogens (tertiary/aromatic N) is 1. The van der Waals surface area contributed by atoms with Gasteiger partial charge < -0.3 is 4.74 Å². The van der Waals surface area contributed by atoms with Gasteiger partial charge in [0.1, 0.15) is 0 Å². The monoisotopic (exact) mass is 227 g/mol. The van der Waals surface area contributed by atoms with Gasteiger partial charge in [0.05, 0.1) is 30.4 Å². The summed E-state index contributed by atoms with van der Waals surface area (Å²) < 4.78 is 43.6. The Morgan fingerprint density at radius 2 is 2.06 bits per heavy atom. The number of alkyl halides is 3.